The van der Waals surface area contributed by atoms with Crippen molar-refractivity contribution in [1.29, 1.82) is 0 Å². The average molecular weight is 263 g/mol. The van der Waals surface area contributed by atoms with Gasteiger partial charge in [0, 0.05) is 25.0 Å². The Morgan fingerprint density at radius 3 is 2.44 bits per heavy atom. The Bertz CT molecular complexity index is 607. The lowest BCUT2D eigenvalue weighted by Gasteiger charge is -2.06. The van der Waals surface area contributed by atoms with Crippen LogP contribution >= 0.6 is 0 Å². The molecule has 0 fully saturated rings. The molecule has 2 rings (SSSR count). The Kier molecular flexibility index (Phi) is 3.78. The highest BCUT2D eigenvalue weighted by atomic mass is 32.2. The van der Waals surface area contributed by atoms with E-state index in [9.17, 15) is 9.00 Å². The predicted octanol–water partition coefficient (Wildman–Crippen LogP) is 1.55. The summed E-state index contributed by atoms with van der Waals surface area (Å²) in [5.74, 6) is 0. The zero-order valence-corrected chi connectivity index (χ0v) is 10.6. The summed E-state index contributed by atoms with van der Waals surface area (Å²) >= 11 is 0. The number of hydrogen-bond acceptors (Lipinski definition) is 3. The van der Waals surface area contributed by atoms with Gasteiger partial charge in [0.2, 0.25) is 5.56 Å². The summed E-state index contributed by atoms with van der Waals surface area (Å²) in [7, 11) is 0.436. The third kappa shape index (κ3) is 2.98. The number of aromatic nitrogens is 1. The van der Waals surface area contributed by atoms with Gasteiger partial charge in [-0.15, -0.1) is 0 Å². The summed E-state index contributed by atoms with van der Waals surface area (Å²) in [5, 5.41) is 2.99. The number of H-pyrrole nitrogens is 1. The lowest BCUT2D eigenvalue weighted by molar-refractivity contribution is 0.686. The summed E-state index contributed by atoms with van der Waals surface area (Å²) in [4.78, 5) is 14.2. The van der Waals surface area contributed by atoms with Crippen LogP contribution in [0.3, 0.4) is 0 Å². The molecule has 3 N–H and O–H groups in total. The van der Waals surface area contributed by atoms with Crippen LogP contribution in [0.25, 0.3) is 0 Å². The molecule has 6 heteroatoms. The smallest absolute Gasteiger partial charge is 0.250 e. The molecule has 0 saturated heterocycles. The number of rotatable bonds is 4. The minimum absolute atomic E-state index is 0.234. The summed E-state index contributed by atoms with van der Waals surface area (Å²) in [5.41, 5.74) is 1.24. The molecule has 0 aliphatic carbocycles. The van der Waals surface area contributed by atoms with Crippen LogP contribution in [0.2, 0.25) is 0 Å². The molecule has 18 heavy (non-hydrogen) atoms. The fraction of sp³-hybridized carbons (Fsp3) is 0.0833. The van der Waals surface area contributed by atoms with E-state index in [1.807, 2.05) is 19.2 Å². The van der Waals surface area contributed by atoms with Crippen molar-refractivity contribution in [2.24, 2.45) is 0 Å². The first-order valence-electron chi connectivity index (χ1n) is 5.34. The molecule has 94 valence electrons. The second-order valence-corrected chi connectivity index (χ2v) is 4.80. The van der Waals surface area contributed by atoms with Gasteiger partial charge in [-0.25, -0.2) is 4.21 Å². The molecular weight excluding hydrogens is 250 g/mol. The second kappa shape index (κ2) is 5.50. The van der Waals surface area contributed by atoms with Crippen LogP contribution in [0.15, 0.2) is 52.3 Å². The van der Waals surface area contributed by atoms with Gasteiger partial charge in [0.05, 0.1) is 10.6 Å². The molecule has 1 unspecified atom stereocenters. The first-order chi connectivity index (χ1) is 8.69. The zero-order valence-electron chi connectivity index (χ0n) is 9.77. The van der Waals surface area contributed by atoms with Crippen LogP contribution < -0.4 is 15.6 Å². The molecule has 2 aromatic rings. The van der Waals surface area contributed by atoms with Gasteiger partial charge >= 0.3 is 0 Å². The largest absolute Gasteiger partial charge is 0.388 e. The predicted molar refractivity (Wildman–Crippen MR) is 73.1 cm³/mol. The fourth-order valence-electron chi connectivity index (χ4n) is 1.42. The van der Waals surface area contributed by atoms with E-state index in [0.717, 1.165) is 5.69 Å². The van der Waals surface area contributed by atoms with Crippen molar-refractivity contribution in [3.05, 3.63) is 52.9 Å². The van der Waals surface area contributed by atoms with Crippen LogP contribution in [0.4, 0.5) is 11.4 Å². The fourth-order valence-corrected chi connectivity index (χ4v) is 2.26. The highest BCUT2D eigenvalue weighted by Gasteiger charge is 2.04. The normalized spacial score (nSPS) is 11.8. The molecule has 0 aliphatic rings. The van der Waals surface area contributed by atoms with Gasteiger partial charge in [-0.05, 0) is 30.3 Å². The Labute approximate surface area is 107 Å². The van der Waals surface area contributed by atoms with Crippen LogP contribution in [0.5, 0.6) is 0 Å². The lowest BCUT2D eigenvalue weighted by Crippen LogP contribution is -2.09. The Morgan fingerprint density at radius 2 is 1.83 bits per heavy atom. The number of anilines is 2. The zero-order chi connectivity index (χ0) is 13.0. The molecule has 1 aromatic carbocycles. The van der Waals surface area contributed by atoms with E-state index in [2.05, 4.69) is 15.0 Å². The van der Waals surface area contributed by atoms with E-state index in [-0.39, 0.29) is 5.56 Å². The van der Waals surface area contributed by atoms with Crippen molar-refractivity contribution in [2.75, 3.05) is 17.1 Å². The van der Waals surface area contributed by atoms with Gasteiger partial charge in [-0.1, -0.05) is 0 Å². The van der Waals surface area contributed by atoms with Crippen molar-refractivity contribution >= 4 is 22.4 Å². The number of hydrogen-bond donors (Lipinski definition) is 3. The van der Waals surface area contributed by atoms with Crippen molar-refractivity contribution < 1.29 is 4.21 Å². The third-order valence-electron chi connectivity index (χ3n) is 2.34. The summed E-state index contributed by atoms with van der Waals surface area (Å²) in [6.07, 6.45) is 1.51. The molecule has 5 nitrogen and oxygen atoms in total. The van der Waals surface area contributed by atoms with E-state index >= 15 is 0 Å². The number of aromatic amines is 1. The van der Waals surface area contributed by atoms with E-state index < -0.39 is 11.0 Å². The van der Waals surface area contributed by atoms with E-state index in [0.29, 0.717) is 10.6 Å². The molecule has 0 bridgehead atoms. The maximum atomic E-state index is 12.0. The maximum Gasteiger partial charge on any atom is 0.250 e. The van der Waals surface area contributed by atoms with Crippen LogP contribution in [0.1, 0.15) is 0 Å². The average Bonchev–Trinajstić information content (AvgIpc) is 2.39. The van der Waals surface area contributed by atoms with E-state index in [1.165, 1.54) is 12.3 Å². The molecule has 0 amide bonds. The Hall–Kier alpha value is -2.08. The van der Waals surface area contributed by atoms with Crippen molar-refractivity contribution in [3.63, 3.8) is 0 Å². The van der Waals surface area contributed by atoms with Gasteiger partial charge in [0.25, 0.3) is 0 Å². The van der Waals surface area contributed by atoms with E-state index in [4.69, 9.17) is 0 Å². The summed E-state index contributed by atoms with van der Waals surface area (Å²) in [6.45, 7) is 0. The summed E-state index contributed by atoms with van der Waals surface area (Å²) < 4.78 is 14.8. The van der Waals surface area contributed by atoms with Gasteiger partial charge in [0.15, 0.2) is 0 Å². The number of nitrogens with one attached hydrogen (secondary N) is 3. The van der Waals surface area contributed by atoms with Crippen LogP contribution in [-0.4, -0.2) is 16.2 Å². The molecule has 1 aromatic heterocycles. The first kappa shape index (κ1) is 12.4. The van der Waals surface area contributed by atoms with E-state index in [1.54, 1.807) is 18.2 Å². The Balaban J connectivity index is 2.14. The molecule has 0 saturated carbocycles. The maximum absolute atomic E-state index is 12.0. The highest BCUT2D eigenvalue weighted by molar-refractivity contribution is 7.86. The molecule has 0 spiro atoms. The van der Waals surface area contributed by atoms with Crippen molar-refractivity contribution in [3.8, 4) is 0 Å². The second-order valence-electron chi connectivity index (χ2n) is 3.59. The van der Waals surface area contributed by atoms with Gasteiger partial charge in [0.1, 0.15) is 11.0 Å². The standard InChI is InChI=1S/C12H13N3O2S/c1-13-9-2-4-11(5-3-9)18(17)15-10-6-7-14-12(16)8-10/h2-8,13H,1H3,(H2,14,15,16). The lowest BCUT2D eigenvalue weighted by atomic mass is 10.3. The molecular formula is C12H13N3O2S. The van der Waals surface area contributed by atoms with Crippen LogP contribution in [-0.2, 0) is 11.0 Å². The highest BCUT2D eigenvalue weighted by Crippen LogP contribution is 2.13. The van der Waals surface area contributed by atoms with Crippen molar-refractivity contribution in [2.45, 2.75) is 4.90 Å². The molecule has 1 heterocycles. The quantitative estimate of drug-likeness (QED) is 0.783. The Morgan fingerprint density at radius 1 is 1.11 bits per heavy atom. The molecule has 0 aliphatic heterocycles. The van der Waals surface area contributed by atoms with Gasteiger partial charge in [-0.3, -0.25) is 4.79 Å². The number of benzene rings is 1. The summed E-state index contributed by atoms with van der Waals surface area (Å²) in [6, 6.07) is 10.2. The topological polar surface area (TPSA) is 74.0 Å². The number of pyridine rings is 1. The van der Waals surface area contributed by atoms with Gasteiger partial charge in [-0.2, -0.15) is 0 Å². The molecule has 0 radical (unpaired) electrons. The minimum atomic E-state index is -1.38. The first-order valence-corrected chi connectivity index (χ1v) is 6.49. The minimum Gasteiger partial charge on any atom is -0.388 e. The molecule has 1 atom stereocenters. The monoisotopic (exact) mass is 263 g/mol. The SMILES string of the molecule is CNc1ccc(S(=O)Nc2cc[nH]c(=O)c2)cc1. The van der Waals surface area contributed by atoms with Crippen molar-refractivity contribution in [1.82, 2.24) is 4.98 Å². The van der Waals surface area contributed by atoms with Crippen LogP contribution in [0, 0.1) is 0 Å². The van der Waals surface area contributed by atoms with Gasteiger partial charge < -0.3 is 15.0 Å². The third-order valence-corrected chi connectivity index (χ3v) is 3.46.